The van der Waals surface area contributed by atoms with Crippen molar-refractivity contribution in [2.75, 3.05) is 11.5 Å². The van der Waals surface area contributed by atoms with Gasteiger partial charge >= 0.3 is 5.97 Å². The van der Waals surface area contributed by atoms with Crippen LogP contribution in [0.25, 0.3) is 22.3 Å². The van der Waals surface area contributed by atoms with Crippen LogP contribution in [-0.2, 0) is 20.2 Å². The molecule has 40 heavy (non-hydrogen) atoms. The third kappa shape index (κ3) is 6.86. The van der Waals surface area contributed by atoms with E-state index in [-0.39, 0.29) is 32.4 Å². The lowest BCUT2D eigenvalue weighted by Gasteiger charge is -2.09. The van der Waals surface area contributed by atoms with Crippen molar-refractivity contribution in [1.82, 2.24) is 0 Å². The van der Waals surface area contributed by atoms with E-state index in [1.807, 2.05) is 0 Å². The lowest BCUT2D eigenvalue weighted by molar-refractivity contribution is 0.0693. The Morgan fingerprint density at radius 1 is 0.650 bits per heavy atom. The zero-order chi connectivity index (χ0) is 30.0. The van der Waals surface area contributed by atoms with Gasteiger partial charge in [-0.2, -0.15) is 16.8 Å². The lowest BCUT2D eigenvalue weighted by Crippen LogP contribution is -2.00. The van der Waals surface area contributed by atoms with Gasteiger partial charge in [0.1, 0.15) is 17.1 Å². The normalized spacial score (nSPS) is 11.4. The molecule has 9 N–H and O–H groups in total. The first-order valence-electron chi connectivity index (χ1n) is 11.1. The molecule has 0 saturated carbocycles. The van der Waals surface area contributed by atoms with E-state index in [1.54, 1.807) is 19.1 Å². The molecule has 4 aromatic rings. The number of nitrogen functional groups attached to an aromatic ring is 2. The van der Waals surface area contributed by atoms with Gasteiger partial charge < -0.3 is 26.8 Å². The van der Waals surface area contributed by atoms with E-state index in [1.165, 1.54) is 42.5 Å². The number of hydrogen-bond acceptors (Lipinski definition) is 9. The second-order valence-corrected chi connectivity index (χ2v) is 11.3. The monoisotopic (exact) mass is 588 g/mol. The summed E-state index contributed by atoms with van der Waals surface area (Å²) in [6.07, 6.45) is 0. The van der Waals surface area contributed by atoms with Gasteiger partial charge in [-0.15, -0.1) is 0 Å². The highest BCUT2D eigenvalue weighted by molar-refractivity contribution is 7.86. The molecular weight excluding hydrogens is 564 g/mol. The molecule has 0 atom stereocenters. The highest BCUT2D eigenvalue weighted by Crippen LogP contribution is 2.36. The summed E-state index contributed by atoms with van der Waals surface area (Å²) in [6, 6.07) is 16.2. The molecule has 12 nitrogen and oxygen atoms in total. The number of phenolic OH excluding ortho intramolecular Hbond substituents is 1. The van der Waals surface area contributed by atoms with Gasteiger partial charge in [-0.05, 0) is 72.1 Å². The van der Waals surface area contributed by atoms with Crippen molar-refractivity contribution < 1.29 is 46.1 Å². The summed E-state index contributed by atoms with van der Waals surface area (Å²) >= 11 is 0. The zero-order valence-electron chi connectivity index (χ0n) is 20.7. The first-order chi connectivity index (χ1) is 18.5. The molecule has 0 radical (unpaired) electrons. The van der Waals surface area contributed by atoms with Gasteiger partial charge in [0.25, 0.3) is 20.2 Å². The Bertz CT molecular complexity index is 1800. The number of carboxylic acid groups (broad SMARTS) is 1. The maximum absolute atomic E-state index is 11.0. The average molecular weight is 589 g/mol. The Kier molecular flexibility index (Phi) is 8.40. The number of anilines is 2. The van der Waals surface area contributed by atoms with Crippen LogP contribution < -0.4 is 11.5 Å². The smallest absolute Gasteiger partial charge is 0.339 e. The van der Waals surface area contributed by atoms with Gasteiger partial charge in [-0.25, -0.2) is 4.79 Å². The number of hydrogen-bond donors (Lipinski definition) is 7. The van der Waals surface area contributed by atoms with Crippen LogP contribution in [0.5, 0.6) is 11.5 Å². The minimum Gasteiger partial charge on any atom is -0.507 e. The van der Waals surface area contributed by atoms with Crippen LogP contribution in [0.2, 0.25) is 0 Å². The molecule has 0 aromatic heterocycles. The molecule has 0 unspecified atom stereocenters. The number of carboxylic acids is 1. The quantitative estimate of drug-likeness (QED) is 0.100. The Balaban J connectivity index is 0.000000222. The van der Waals surface area contributed by atoms with Crippen LogP contribution in [0.4, 0.5) is 11.4 Å². The minimum absolute atomic E-state index is 0.0915. The maximum atomic E-state index is 11.0. The maximum Gasteiger partial charge on any atom is 0.339 e. The summed E-state index contributed by atoms with van der Waals surface area (Å²) in [7, 11) is -8.54. The van der Waals surface area contributed by atoms with Crippen molar-refractivity contribution in [3.63, 3.8) is 0 Å². The van der Waals surface area contributed by atoms with Crippen LogP contribution in [0.15, 0.2) is 82.6 Å². The molecule has 0 heterocycles. The number of nitrogens with two attached hydrogens (primary N) is 2. The van der Waals surface area contributed by atoms with Crippen molar-refractivity contribution in [3.8, 4) is 33.8 Å². The van der Waals surface area contributed by atoms with Crippen LogP contribution in [0.1, 0.15) is 15.9 Å². The van der Waals surface area contributed by atoms with Gasteiger partial charge in [-0.1, -0.05) is 24.3 Å². The fourth-order valence-corrected chi connectivity index (χ4v) is 4.64. The fraction of sp³-hybridized carbons (Fsp3) is 0.0385. The van der Waals surface area contributed by atoms with Gasteiger partial charge in [0.15, 0.2) is 0 Å². The number of aromatic carboxylic acids is 1. The lowest BCUT2D eigenvalue weighted by atomic mass is 10.0. The molecule has 0 fully saturated rings. The molecule has 0 bridgehead atoms. The van der Waals surface area contributed by atoms with Crippen LogP contribution in [0.3, 0.4) is 0 Å². The summed E-state index contributed by atoms with van der Waals surface area (Å²) in [5.74, 6) is -1.72. The zero-order valence-corrected chi connectivity index (χ0v) is 22.3. The highest BCUT2D eigenvalue weighted by Gasteiger charge is 2.17. The van der Waals surface area contributed by atoms with Crippen molar-refractivity contribution in [1.29, 1.82) is 0 Å². The molecule has 4 rings (SSSR count). The Labute approximate surface area is 229 Å². The summed E-state index contributed by atoms with van der Waals surface area (Å²) in [6.45, 7) is 1.72. The van der Waals surface area contributed by atoms with Gasteiger partial charge in [0.05, 0.1) is 9.79 Å². The molecule has 0 amide bonds. The van der Waals surface area contributed by atoms with Crippen molar-refractivity contribution in [3.05, 3.63) is 83.9 Å². The molecular formula is C26H24N2O10S2. The Hall–Kier alpha value is -4.63. The van der Waals surface area contributed by atoms with Crippen LogP contribution in [0, 0.1) is 6.92 Å². The molecule has 210 valence electrons. The summed E-state index contributed by atoms with van der Waals surface area (Å²) in [5.41, 5.74) is 13.9. The molecule has 0 aliphatic carbocycles. The molecule has 0 aliphatic rings. The number of carbonyl (C=O) groups is 1. The predicted molar refractivity (Wildman–Crippen MR) is 147 cm³/mol. The number of benzene rings is 4. The van der Waals surface area contributed by atoms with Crippen molar-refractivity contribution in [2.24, 2.45) is 0 Å². The van der Waals surface area contributed by atoms with E-state index in [0.29, 0.717) is 27.9 Å². The average Bonchev–Trinajstić information content (AvgIpc) is 2.87. The van der Waals surface area contributed by atoms with E-state index in [4.69, 9.17) is 25.7 Å². The number of aryl methyl sites for hydroxylation is 1. The summed E-state index contributed by atoms with van der Waals surface area (Å²) < 4.78 is 61.6. The molecule has 0 spiro atoms. The standard InChI is InChI=1S/C13H11NO6S.C13H13NO4S/c14-8-5-10(12(15)11(6-8)13(16)17)7-1-3-9(4-2-7)21(18,19)20;1-8-6-10(14)7-12(13(8)15)9-2-4-11(5-3-9)19(16,17)18/h1-6,15H,14H2,(H,16,17)(H,18,19,20);2-7,15H,14H2,1H3,(H,16,17,18). The number of rotatable bonds is 5. The molecule has 0 saturated heterocycles. The van der Waals surface area contributed by atoms with E-state index in [2.05, 4.69) is 0 Å². The molecule has 0 aliphatic heterocycles. The summed E-state index contributed by atoms with van der Waals surface area (Å²) in [5, 5.41) is 28.9. The third-order valence-electron chi connectivity index (χ3n) is 5.61. The van der Waals surface area contributed by atoms with E-state index in [0.717, 1.165) is 18.2 Å². The first-order valence-corrected chi connectivity index (χ1v) is 14.0. The molecule has 14 heteroatoms. The topological polar surface area (TPSA) is 239 Å². The predicted octanol–water partition coefficient (Wildman–Crippen LogP) is 3.78. The Morgan fingerprint density at radius 2 is 1.02 bits per heavy atom. The second kappa shape index (κ2) is 11.2. The first kappa shape index (κ1) is 29.9. The Morgan fingerprint density at radius 3 is 1.40 bits per heavy atom. The SMILES string of the molecule is Cc1cc(N)cc(-c2ccc(S(=O)(=O)O)cc2)c1O.Nc1cc(C(=O)O)c(O)c(-c2ccc(S(=O)(=O)O)cc2)c1. The van der Waals surface area contributed by atoms with Gasteiger partial charge in [-0.3, -0.25) is 9.11 Å². The minimum atomic E-state index is -4.32. The fourth-order valence-electron chi connectivity index (χ4n) is 3.68. The van der Waals surface area contributed by atoms with E-state index in [9.17, 15) is 31.8 Å². The number of aromatic hydroxyl groups is 2. The van der Waals surface area contributed by atoms with Crippen LogP contribution in [-0.4, -0.2) is 47.2 Å². The number of phenols is 2. The largest absolute Gasteiger partial charge is 0.507 e. The van der Waals surface area contributed by atoms with Crippen LogP contribution >= 0.6 is 0 Å². The third-order valence-corrected chi connectivity index (χ3v) is 7.35. The highest BCUT2D eigenvalue weighted by atomic mass is 32.2. The van der Waals surface area contributed by atoms with E-state index >= 15 is 0 Å². The van der Waals surface area contributed by atoms with E-state index < -0.39 is 32.0 Å². The molecule has 4 aromatic carbocycles. The van der Waals surface area contributed by atoms with Crippen molar-refractivity contribution >= 4 is 37.6 Å². The van der Waals surface area contributed by atoms with Gasteiger partial charge in [0.2, 0.25) is 0 Å². The summed E-state index contributed by atoms with van der Waals surface area (Å²) in [4.78, 5) is 10.5. The van der Waals surface area contributed by atoms with Gasteiger partial charge in [0, 0.05) is 22.5 Å². The van der Waals surface area contributed by atoms with Crippen molar-refractivity contribution in [2.45, 2.75) is 16.7 Å². The second-order valence-electron chi connectivity index (χ2n) is 8.50.